The van der Waals surface area contributed by atoms with E-state index in [9.17, 15) is 14.4 Å². The number of thiocarbonyl (C=S) groups is 1. The monoisotopic (exact) mass is 466 g/mol. The number of hydrogen-bond donors (Lipinski definition) is 3. The molecule has 162 valence electrons. The normalized spacial score (nSPS) is 17.8. The van der Waals surface area contributed by atoms with Crippen molar-refractivity contribution in [2.45, 2.75) is 19.8 Å². The number of aryl methyl sites for hydroxylation is 1. The Kier molecular flexibility index (Phi) is 5.78. The Labute approximate surface area is 192 Å². The Bertz CT molecular complexity index is 1280. The number of para-hydroxylation sites is 1. The van der Waals surface area contributed by atoms with Crippen LogP contribution < -0.4 is 21.6 Å². The summed E-state index contributed by atoms with van der Waals surface area (Å²) >= 11 is 6.16. The van der Waals surface area contributed by atoms with Gasteiger partial charge in [0, 0.05) is 0 Å². The Balaban J connectivity index is 1.86. The molecule has 32 heavy (non-hydrogen) atoms. The molecular weight excluding hydrogens is 448 g/mol. The number of piperidine rings is 1. The molecule has 11 heteroatoms. The molecule has 2 aromatic carbocycles. The number of benzene rings is 2. The summed E-state index contributed by atoms with van der Waals surface area (Å²) in [4.78, 5) is 45.3. The molecule has 4 rings (SSSR count). The first-order chi connectivity index (χ1) is 15.3. The highest BCUT2D eigenvalue weighted by molar-refractivity contribution is 7.80. The number of nitrogens with two attached hydrogens (primary N) is 1. The topological polar surface area (TPSA) is 130 Å². The van der Waals surface area contributed by atoms with Crippen molar-refractivity contribution in [3.05, 3.63) is 58.6 Å². The number of nitrogens with one attached hydrogen (secondary N) is 2. The van der Waals surface area contributed by atoms with E-state index in [4.69, 9.17) is 18.1 Å². The number of hydrazine groups is 1. The van der Waals surface area contributed by atoms with Crippen molar-refractivity contribution in [3.63, 3.8) is 0 Å². The van der Waals surface area contributed by atoms with E-state index in [1.807, 2.05) is 31.2 Å². The number of nitrogens with zero attached hydrogens (tertiary/aromatic N) is 3. The van der Waals surface area contributed by atoms with Gasteiger partial charge < -0.3 is 0 Å². The van der Waals surface area contributed by atoms with Crippen molar-refractivity contribution in [2.75, 3.05) is 4.90 Å². The molecule has 1 saturated heterocycles. The van der Waals surface area contributed by atoms with E-state index in [0.29, 0.717) is 21.8 Å². The molecule has 4 N–H and O–H groups in total. The van der Waals surface area contributed by atoms with Crippen LogP contribution in [0, 0.1) is 13.8 Å². The average molecular weight is 467 g/mol. The van der Waals surface area contributed by atoms with E-state index in [-0.39, 0.29) is 10.8 Å². The first-order valence-electron chi connectivity index (χ1n) is 9.52. The number of amides is 2. The van der Waals surface area contributed by atoms with Gasteiger partial charge in [0.1, 0.15) is 16.6 Å². The second-order valence-electron chi connectivity index (χ2n) is 7.06. The van der Waals surface area contributed by atoms with E-state index in [1.54, 1.807) is 25.1 Å². The number of ketones is 1. The third kappa shape index (κ3) is 3.66. The number of rotatable bonds is 3. The van der Waals surface area contributed by atoms with Gasteiger partial charge >= 0.3 is 5.91 Å². The largest absolute Gasteiger partial charge is 0.302 e. The van der Waals surface area contributed by atoms with E-state index in [2.05, 4.69) is 20.9 Å². The highest BCUT2D eigenvalue weighted by Crippen LogP contribution is 2.34. The number of imide groups is 1. The van der Waals surface area contributed by atoms with Crippen LogP contribution in [-0.2, 0) is 14.4 Å². The molecule has 0 bridgehead atoms. The molecule has 0 aliphatic carbocycles. The molecular formula is C21H18N6O3S2. The number of hydrogen-bond acceptors (Lipinski definition) is 8. The third-order valence-corrected chi connectivity index (χ3v) is 6.47. The van der Waals surface area contributed by atoms with Gasteiger partial charge in [0.25, 0.3) is 5.91 Å². The fourth-order valence-corrected chi connectivity index (χ4v) is 4.50. The quantitative estimate of drug-likeness (QED) is 0.175. The predicted molar refractivity (Wildman–Crippen MR) is 126 cm³/mol. The van der Waals surface area contributed by atoms with E-state index >= 15 is 0 Å². The van der Waals surface area contributed by atoms with Gasteiger partial charge in [0.15, 0.2) is 0 Å². The van der Waals surface area contributed by atoms with Crippen LogP contribution in [-0.4, -0.2) is 33.4 Å². The minimum absolute atomic E-state index is 0.0593. The number of anilines is 1. The Morgan fingerprint density at radius 3 is 2.59 bits per heavy atom. The summed E-state index contributed by atoms with van der Waals surface area (Å²) < 4.78 is 0.818. The number of carbonyl (C=O) groups is 3. The predicted octanol–water partition coefficient (Wildman–Crippen LogP) is 1.83. The molecule has 2 heterocycles. The Hall–Kier alpha value is -3.54. The lowest BCUT2D eigenvalue weighted by molar-refractivity contribution is -0.139. The van der Waals surface area contributed by atoms with Crippen LogP contribution in [0.4, 0.5) is 5.69 Å². The summed E-state index contributed by atoms with van der Waals surface area (Å²) in [6.45, 7) is 3.63. The summed E-state index contributed by atoms with van der Waals surface area (Å²) in [6.07, 6.45) is 0. The minimum atomic E-state index is -1.26. The van der Waals surface area contributed by atoms with Gasteiger partial charge in [-0.15, -0.1) is 11.3 Å². The molecule has 9 nitrogen and oxygen atoms in total. The molecule has 1 aliphatic rings. The number of Topliss-reactive ketones (excluding diaryl/α,β-unsaturated/α-hetero) is 1. The number of fused-ring (bicyclic) bond motifs is 1. The Morgan fingerprint density at radius 1 is 1.12 bits per heavy atom. The summed E-state index contributed by atoms with van der Waals surface area (Å²) in [5.74, 6) is 1.53. The average Bonchev–Trinajstić information content (AvgIpc) is 3.21. The van der Waals surface area contributed by atoms with Crippen molar-refractivity contribution in [1.29, 1.82) is 0 Å². The molecule has 1 aliphatic heterocycles. The van der Waals surface area contributed by atoms with Crippen LogP contribution in [0.2, 0.25) is 0 Å². The molecule has 0 spiro atoms. The Morgan fingerprint density at radius 2 is 1.88 bits per heavy atom. The first-order valence-corrected chi connectivity index (χ1v) is 10.7. The van der Waals surface area contributed by atoms with Crippen LogP contribution in [0.5, 0.6) is 0 Å². The van der Waals surface area contributed by atoms with Gasteiger partial charge in [-0.2, -0.15) is 5.10 Å². The lowest BCUT2D eigenvalue weighted by Crippen LogP contribution is -2.55. The second-order valence-corrected chi connectivity index (χ2v) is 8.53. The smallest absolute Gasteiger partial charge is 0.300 e. The zero-order chi connectivity index (χ0) is 23.0. The van der Waals surface area contributed by atoms with Gasteiger partial charge in [-0.3, -0.25) is 25.2 Å². The zero-order valence-corrected chi connectivity index (χ0v) is 18.7. The van der Waals surface area contributed by atoms with Gasteiger partial charge in [0.2, 0.25) is 10.9 Å². The number of thiazole rings is 1. The molecule has 0 saturated carbocycles. The zero-order valence-electron chi connectivity index (χ0n) is 17.1. The van der Waals surface area contributed by atoms with Crippen molar-refractivity contribution in [1.82, 2.24) is 15.8 Å². The maximum absolute atomic E-state index is 13.5. The van der Waals surface area contributed by atoms with Gasteiger partial charge in [-0.05, 0) is 55.4 Å². The summed E-state index contributed by atoms with van der Waals surface area (Å²) in [5.41, 5.74) is 6.99. The lowest BCUT2D eigenvalue weighted by atomic mass is 9.91. The maximum atomic E-state index is 13.5. The molecule has 2 amide bonds. The fraction of sp³-hybridized carbons (Fsp3) is 0.143. The molecule has 1 atom stereocenters. The second kappa shape index (κ2) is 8.54. The van der Waals surface area contributed by atoms with E-state index < -0.39 is 23.5 Å². The maximum Gasteiger partial charge on any atom is 0.302 e. The molecule has 3 aromatic rings. The van der Waals surface area contributed by atoms with Crippen LogP contribution in [0.3, 0.4) is 0 Å². The van der Waals surface area contributed by atoms with E-state index in [1.165, 1.54) is 11.3 Å². The van der Waals surface area contributed by atoms with Crippen LogP contribution in [0.1, 0.15) is 22.1 Å². The fourth-order valence-electron chi connectivity index (χ4n) is 3.38. The third-order valence-electron chi connectivity index (χ3n) is 5.16. The highest BCUT2D eigenvalue weighted by atomic mass is 32.1. The lowest BCUT2D eigenvalue weighted by Gasteiger charge is -2.30. The first kappa shape index (κ1) is 21.7. The summed E-state index contributed by atoms with van der Waals surface area (Å²) in [5, 5.41) is 4.30. The molecule has 0 unspecified atom stereocenters. The van der Waals surface area contributed by atoms with Crippen LogP contribution in [0.25, 0.3) is 10.2 Å². The van der Waals surface area contributed by atoms with Crippen LogP contribution in [0.15, 0.2) is 47.6 Å². The van der Waals surface area contributed by atoms with Crippen molar-refractivity contribution in [3.8, 4) is 0 Å². The number of carbonyl (C=O) groups excluding carboxylic acids is 3. The van der Waals surface area contributed by atoms with Crippen molar-refractivity contribution < 1.29 is 14.4 Å². The summed E-state index contributed by atoms with van der Waals surface area (Å²) in [6, 6.07) is 12.5. The number of aromatic nitrogens is 1. The van der Waals surface area contributed by atoms with Gasteiger partial charge in [0.05, 0.1) is 15.9 Å². The van der Waals surface area contributed by atoms with Crippen LogP contribution >= 0.6 is 23.6 Å². The molecule has 1 fully saturated rings. The SMILES string of the molecule is Cc1cccc(N2C(=O)C(=O)[C@H](c3nc4ccccc4s3)/C(=N/NC(=S)NN)C2=O)c1C. The van der Waals surface area contributed by atoms with E-state index in [0.717, 1.165) is 15.2 Å². The van der Waals surface area contributed by atoms with Gasteiger partial charge in [-0.1, -0.05) is 24.3 Å². The highest BCUT2D eigenvalue weighted by Gasteiger charge is 2.48. The standard InChI is InChI=1S/C21H18N6O3S2/c1-10-6-5-8-13(11(10)2)27-19(29)16(25-26-21(31)24-22)15(17(28)20(27)30)18-23-12-7-3-4-9-14(12)32-18/h3-9,15H,22H2,1-2H3,(H2,24,26,31)/b25-16-/t15-/m1/s1. The molecule has 0 radical (unpaired) electrons. The van der Waals surface area contributed by atoms with Gasteiger partial charge in [-0.25, -0.2) is 15.7 Å². The molecule has 1 aromatic heterocycles. The number of hydrazone groups is 1. The van der Waals surface area contributed by atoms with Crippen molar-refractivity contribution >= 4 is 67.9 Å². The summed E-state index contributed by atoms with van der Waals surface area (Å²) in [7, 11) is 0. The van der Waals surface area contributed by atoms with Crippen molar-refractivity contribution in [2.24, 2.45) is 10.9 Å². The minimum Gasteiger partial charge on any atom is -0.300 e.